The molecule has 0 radical (unpaired) electrons. The van der Waals surface area contributed by atoms with Gasteiger partial charge in [0.05, 0.1) is 37.6 Å². The standard InChI is InChI=1S/C38H62O15/c1-11-27-14-16-31(30(40)17-27)50-33(41)37(7,8)52-25(5)21-46-35(43)48-23(3)19-45-20-24(4)49-36(44)47-22-26(6)53-38(9,10)34(42)51-32-18-28(12-2)13-15-29(32)39/h11-12,23-32,39-40H,1-2,13-22H2,3-10H3. The van der Waals surface area contributed by atoms with E-state index < -0.39 is 84.3 Å². The van der Waals surface area contributed by atoms with Gasteiger partial charge in [-0.25, -0.2) is 19.2 Å². The topological polar surface area (TPSA) is 192 Å². The largest absolute Gasteiger partial charge is 0.508 e. The molecule has 0 spiro atoms. The molecule has 2 fully saturated rings. The molecule has 2 aliphatic rings. The quantitative estimate of drug-likeness (QED) is 0.0960. The van der Waals surface area contributed by atoms with Gasteiger partial charge in [0.1, 0.15) is 37.6 Å². The molecule has 0 aliphatic heterocycles. The SMILES string of the molecule is C=CC1CCC(OC(=O)C(C)(C)OC(C)COC(=O)OC(C)COCC(C)OC(=O)OCC(C)OC(C)(C)C(=O)OC2CC(C=C)CCC2O)C(O)C1. The number of rotatable bonds is 20. The van der Waals surface area contributed by atoms with Gasteiger partial charge in [0.2, 0.25) is 0 Å². The summed E-state index contributed by atoms with van der Waals surface area (Å²) in [6.45, 7) is 19.7. The highest BCUT2D eigenvalue weighted by Crippen LogP contribution is 2.30. The molecule has 0 aromatic heterocycles. The highest BCUT2D eigenvalue weighted by Gasteiger charge is 2.39. The molecule has 15 nitrogen and oxygen atoms in total. The number of hydrogen-bond donors (Lipinski definition) is 2. The van der Waals surface area contributed by atoms with Crippen LogP contribution in [0.4, 0.5) is 9.59 Å². The van der Waals surface area contributed by atoms with Crippen LogP contribution in [0, 0.1) is 11.8 Å². The zero-order chi connectivity index (χ0) is 39.9. The summed E-state index contributed by atoms with van der Waals surface area (Å²) in [6.07, 6.45) is -0.390. The Labute approximate surface area is 313 Å². The third-order valence-corrected chi connectivity index (χ3v) is 8.92. The summed E-state index contributed by atoms with van der Waals surface area (Å²) >= 11 is 0. The zero-order valence-corrected chi connectivity index (χ0v) is 32.6. The summed E-state index contributed by atoms with van der Waals surface area (Å²) in [7, 11) is 0. The van der Waals surface area contributed by atoms with Gasteiger partial charge in [-0.15, -0.1) is 13.2 Å². The zero-order valence-electron chi connectivity index (χ0n) is 32.6. The van der Waals surface area contributed by atoms with E-state index in [9.17, 15) is 29.4 Å². The molecule has 15 heteroatoms. The first-order valence-electron chi connectivity index (χ1n) is 18.4. The van der Waals surface area contributed by atoms with E-state index in [1.165, 1.54) is 27.7 Å². The highest BCUT2D eigenvalue weighted by molar-refractivity contribution is 5.79. The van der Waals surface area contributed by atoms with Crippen molar-refractivity contribution in [2.24, 2.45) is 11.8 Å². The van der Waals surface area contributed by atoms with Crippen molar-refractivity contribution in [1.29, 1.82) is 0 Å². The van der Waals surface area contributed by atoms with Gasteiger partial charge in [-0.05, 0) is 106 Å². The Morgan fingerprint density at radius 3 is 1.51 bits per heavy atom. The van der Waals surface area contributed by atoms with Crippen molar-refractivity contribution in [3.05, 3.63) is 25.3 Å². The van der Waals surface area contributed by atoms with Crippen molar-refractivity contribution in [3.8, 4) is 0 Å². The summed E-state index contributed by atoms with van der Waals surface area (Å²) in [5.74, 6) is -0.932. The van der Waals surface area contributed by atoms with Gasteiger partial charge in [0.15, 0.2) is 11.2 Å². The molecule has 10 atom stereocenters. The minimum absolute atomic E-state index is 0.0223. The van der Waals surface area contributed by atoms with Crippen molar-refractivity contribution in [2.75, 3.05) is 26.4 Å². The van der Waals surface area contributed by atoms with Gasteiger partial charge in [-0.1, -0.05) is 12.2 Å². The second kappa shape index (κ2) is 21.6. The third-order valence-electron chi connectivity index (χ3n) is 8.92. The fraction of sp³-hybridized carbons (Fsp3) is 0.789. The first kappa shape index (κ1) is 45.9. The molecule has 53 heavy (non-hydrogen) atoms. The second-order valence-electron chi connectivity index (χ2n) is 15.0. The smallest absolute Gasteiger partial charge is 0.457 e. The minimum atomic E-state index is -1.37. The van der Waals surface area contributed by atoms with E-state index in [4.69, 9.17) is 42.6 Å². The number of hydrogen-bond acceptors (Lipinski definition) is 15. The van der Waals surface area contributed by atoms with Crippen LogP contribution < -0.4 is 0 Å². The Morgan fingerprint density at radius 2 is 1.06 bits per heavy atom. The maximum Gasteiger partial charge on any atom is 0.508 e. The van der Waals surface area contributed by atoms with Gasteiger partial charge in [-0.2, -0.15) is 0 Å². The van der Waals surface area contributed by atoms with Crippen LogP contribution in [0.1, 0.15) is 93.9 Å². The normalized spacial score (nSPS) is 25.8. The summed E-state index contributed by atoms with van der Waals surface area (Å²) < 4.78 is 48.8. The first-order valence-corrected chi connectivity index (χ1v) is 18.4. The number of ether oxygens (including phenoxy) is 9. The molecule has 0 aromatic rings. The molecule has 0 aromatic carbocycles. The number of allylic oxidation sites excluding steroid dienone is 2. The van der Waals surface area contributed by atoms with Crippen LogP contribution >= 0.6 is 0 Å². The molecule has 304 valence electrons. The average Bonchev–Trinajstić information content (AvgIpc) is 3.07. The molecular formula is C38H62O15. The molecule has 2 rings (SSSR count). The van der Waals surface area contributed by atoms with E-state index in [0.717, 1.165) is 12.8 Å². The lowest BCUT2D eigenvalue weighted by molar-refractivity contribution is -0.189. The van der Waals surface area contributed by atoms with E-state index in [0.29, 0.717) is 25.7 Å². The summed E-state index contributed by atoms with van der Waals surface area (Å²) in [4.78, 5) is 50.0. The molecule has 0 amide bonds. The Morgan fingerprint density at radius 1 is 0.623 bits per heavy atom. The van der Waals surface area contributed by atoms with Crippen molar-refractivity contribution >= 4 is 24.2 Å². The van der Waals surface area contributed by atoms with Crippen LogP contribution in [0.15, 0.2) is 25.3 Å². The number of aliphatic hydroxyl groups excluding tert-OH is 2. The van der Waals surface area contributed by atoms with Gasteiger partial charge in [-0.3, -0.25) is 0 Å². The highest BCUT2D eigenvalue weighted by atomic mass is 16.7. The van der Waals surface area contributed by atoms with Gasteiger partial charge >= 0.3 is 24.2 Å². The molecule has 2 aliphatic carbocycles. The number of esters is 2. The minimum Gasteiger partial charge on any atom is -0.457 e. The number of carbonyl (C=O) groups excluding carboxylic acids is 4. The Balaban J connectivity index is 1.61. The lowest BCUT2D eigenvalue weighted by atomic mass is 9.85. The Kier molecular flexibility index (Phi) is 18.7. The van der Waals surface area contributed by atoms with Crippen LogP contribution in [0.3, 0.4) is 0 Å². The van der Waals surface area contributed by atoms with Crippen molar-refractivity contribution in [2.45, 2.75) is 154 Å². The monoisotopic (exact) mass is 758 g/mol. The number of carbonyl (C=O) groups is 4. The van der Waals surface area contributed by atoms with E-state index in [1.54, 1.807) is 39.8 Å². The van der Waals surface area contributed by atoms with Crippen molar-refractivity contribution in [1.82, 2.24) is 0 Å². The maximum atomic E-state index is 12.8. The summed E-state index contributed by atoms with van der Waals surface area (Å²) in [5.41, 5.74) is -2.72. The van der Waals surface area contributed by atoms with E-state index in [2.05, 4.69) is 13.2 Å². The van der Waals surface area contributed by atoms with Crippen LogP contribution in [0.25, 0.3) is 0 Å². The Hall–Kier alpha value is -3.24. The van der Waals surface area contributed by atoms with Crippen molar-refractivity contribution in [3.63, 3.8) is 0 Å². The molecule has 0 heterocycles. The lowest BCUT2D eigenvalue weighted by Gasteiger charge is -2.34. The molecule has 10 unspecified atom stereocenters. The fourth-order valence-electron chi connectivity index (χ4n) is 5.95. The van der Waals surface area contributed by atoms with Crippen LogP contribution in [-0.4, -0.2) is 121 Å². The fourth-order valence-corrected chi connectivity index (χ4v) is 5.95. The van der Waals surface area contributed by atoms with E-state index in [-0.39, 0.29) is 38.3 Å². The average molecular weight is 759 g/mol. The molecule has 0 bridgehead atoms. The number of aliphatic hydroxyl groups is 2. The lowest BCUT2D eigenvalue weighted by Crippen LogP contribution is -2.45. The van der Waals surface area contributed by atoms with E-state index in [1.807, 2.05) is 0 Å². The summed E-state index contributed by atoms with van der Waals surface area (Å²) in [5, 5.41) is 20.6. The van der Waals surface area contributed by atoms with E-state index >= 15 is 0 Å². The van der Waals surface area contributed by atoms with Gasteiger partial charge in [0.25, 0.3) is 0 Å². The third kappa shape index (κ3) is 16.3. The molecule has 2 N–H and O–H groups in total. The maximum absolute atomic E-state index is 12.8. The summed E-state index contributed by atoms with van der Waals surface area (Å²) in [6, 6.07) is 0. The van der Waals surface area contributed by atoms with Crippen LogP contribution in [-0.2, 0) is 52.2 Å². The second-order valence-corrected chi connectivity index (χ2v) is 15.0. The molecular weight excluding hydrogens is 696 g/mol. The predicted octanol–water partition coefficient (Wildman–Crippen LogP) is 4.97. The van der Waals surface area contributed by atoms with Gasteiger partial charge < -0.3 is 52.8 Å². The van der Waals surface area contributed by atoms with Crippen molar-refractivity contribution < 1.29 is 72.0 Å². The van der Waals surface area contributed by atoms with Crippen LogP contribution in [0.5, 0.6) is 0 Å². The van der Waals surface area contributed by atoms with Crippen LogP contribution in [0.2, 0.25) is 0 Å². The molecule has 0 saturated heterocycles. The first-order chi connectivity index (χ1) is 24.8. The Bertz CT molecular complexity index is 1200. The molecule has 2 saturated carbocycles. The van der Waals surface area contributed by atoms with Gasteiger partial charge in [0, 0.05) is 0 Å². The predicted molar refractivity (Wildman–Crippen MR) is 191 cm³/mol.